The van der Waals surface area contributed by atoms with Gasteiger partial charge in [0.25, 0.3) is 5.91 Å². The van der Waals surface area contributed by atoms with Crippen LogP contribution in [-0.2, 0) is 14.2 Å². The van der Waals surface area contributed by atoms with Gasteiger partial charge in [0.15, 0.2) is 5.82 Å². The van der Waals surface area contributed by atoms with E-state index < -0.39 is 0 Å². The third-order valence-corrected chi connectivity index (χ3v) is 5.00. The van der Waals surface area contributed by atoms with Crippen molar-refractivity contribution in [2.75, 3.05) is 40.5 Å². The number of methoxy groups -OCH3 is 1. The van der Waals surface area contributed by atoms with Gasteiger partial charge in [-0.05, 0) is 25.1 Å². The molecule has 0 spiro atoms. The van der Waals surface area contributed by atoms with Crippen molar-refractivity contribution < 1.29 is 19.0 Å². The van der Waals surface area contributed by atoms with Gasteiger partial charge in [0.05, 0.1) is 38.7 Å². The summed E-state index contributed by atoms with van der Waals surface area (Å²) in [6, 6.07) is 7.95. The van der Waals surface area contributed by atoms with Crippen molar-refractivity contribution in [3.8, 4) is 11.3 Å². The molecule has 2 aromatic heterocycles. The number of aryl methyl sites for hydroxylation is 1. The van der Waals surface area contributed by atoms with Gasteiger partial charge in [-0.3, -0.25) is 9.79 Å². The number of nitrogens with zero attached hydrogens (tertiary/aromatic N) is 2. The number of aliphatic imine (C=N–C) groups is 1. The Morgan fingerprint density at radius 2 is 2.20 bits per heavy atom. The van der Waals surface area contributed by atoms with E-state index in [-0.39, 0.29) is 17.8 Å². The van der Waals surface area contributed by atoms with Gasteiger partial charge in [0.2, 0.25) is 5.90 Å². The first kappa shape index (κ1) is 20.1. The van der Waals surface area contributed by atoms with Crippen molar-refractivity contribution in [1.29, 1.82) is 0 Å². The second-order valence-corrected chi connectivity index (χ2v) is 7.05. The third kappa shape index (κ3) is 4.07. The molecule has 3 aromatic rings. The monoisotopic (exact) mass is 411 g/mol. The third-order valence-electron chi connectivity index (χ3n) is 5.00. The summed E-state index contributed by atoms with van der Waals surface area (Å²) in [5, 5.41) is 3.85. The Hall–Kier alpha value is -3.17. The highest BCUT2D eigenvalue weighted by atomic mass is 16.6. The van der Waals surface area contributed by atoms with E-state index in [1.165, 1.54) is 0 Å². The van der Waals surface area contributed by atoms with Gasteiger partial charge in [-0.15, -0.1) is 0 Å². The largest absolute Gasteiger partial charge is 0.480 e. The molecule has 4 rings (SSSR count). The molecule has 30 heavy (non-hydrogen) atoms. The van der Waals surface area contributed by atoms with Gasteiger partial charge in [-0.25, -0.2) is 4.98 Å². The Kier molecular flexibility index (Phi) is 5.82. The number of carbonyl (C=O) groups excluding carboxylic acids is 1. The van der Waals surface area contributed by atoms with Gasteiger partial charge in [0.1, 0.15) is 5.69 Å². The first-order valence-electron chi connectivity index (χ1n) is 9.77. The van der Waals surface area contributed by atoms with Gasteiger partial charge in [-0.2, -0.15) is 0 Å². The lowest BCUT2D eigenvalue weighted by atomic mass is 10.1. The highest BCUT2D eigenvalue weighted by Crippen LogP contribution is 2.26. The van der Waals surface area contributed by atoms with Crippen LogP contribution in [0.15, 0.2) is 29.3 Å². The Labute approximate surface area is 173 Å². The number of imidazole rings is 1. The van der Waals surface area contributed by atoms with Crippen molar-refractivity contribution >= 4 is 22.7 Å². The molecule has 1 aromatic carbocycles. The molecule has 1 fully saturated rings. The number of hydrogen-bond acceptors (Lipinski definition) is 6. The van der Waals surface area contributed by atoms with Crippen molar-refractivity contribution in [2.24, 2.45) is 4.99 Å². The van der Waals surface area contributed by atoms with Crippen LogP contribution in [0.2, 0.25) is 0 Å². The van der Waals surface area contributed by atoms with Crippen LogP contribution in [0.3, 0.4) is 0 Å². The maximum absolute atomic E-state index is 12.5. The molecular weight excluding hydrogens is 386 g/mol. The fourth-order valence-electron chi connectivity index (χ4n) is 3.51. The molecular formula is C21H25N5O4. The lowest BCUT2D eigenvalue weighted by Gasteiger charge is -2.22. The number of ether oxygens (including phenoxy) is 3. The maximum Gasteiger partial charge on any atom is 0.287 e. The summed E-state index contributed by atoms with van der Waals surface area (Å²) in [6.45, 7) is 3.90. The van der Waals surface area contributed by atoms with Gasteiger partial charge >= 0.3 is 0 Å². The lowest BCUT2D eigenvalue weighted by molar-refractivity contribution is -0.0855. The summed E-state index contributed by atoms with van der Waals surface area (Å²) in [4.78, 5) is 27.5. The van der Waals surface area contributed by atoms with Crippen molar-refractivity contribution in [3.63, 3.8) is 0 Å². The molecule has 3 N–H and O–H groups in total. The number of fused-ring (bicyclic) bond motifs is 1. The van der Waals surface area contributed by atoms with E-state index in [0.29, 0.717) is 32.3 Å². The number of amides is 1. The number of hydrogen-bond donors (Lipinski definition) is 3. The topological polar surface area (TPSA) is 114 Å². The van der Waals surface area contributed by atoms with E-state index in [0.717, 1.165) is 33.5 Å². The standard InChI is InChI=1S/C21H25N5O4/c1-12-18(26-19(24-12)20(27)23-10-15-11-29-6-7-30-15)13-4-5-16-14(8-13)9-17(25-16)21(22-2)28-3/h4-5,8-9,15,25H,6-7,10-11H2,1-3H3,(H,23,27)(H,24,26)/b22-21-. The Morgan fingerprint density at radius 1 is 1.33 bits per heavy atom. The number of rotatable bonds is 5. The fraction of sp³-hybridized carbons (Fsp3) is 0.381. The van der Waals surface area contributed by atoms with Crippen LogP contribution in [0.4, 0.5) is 0 Å². The van der Waals surface area contributed by atoms with E-state index in [9.17, 15) is 4.79 Å². The molecule has 1 saturated heterocycles. The van der Waals surface area contributed by atoms with Crippen LogP contribution in [-0.4, -0.2) is 73.4 Å². The molecule has 1 atom stereocenters. The highest BCUT2D eigenvalue weighted by Gasteiger charge is 2.19. The maximum atomic E-state index is 12.5. The van der Waals surface area contributed by atoms with E-state index in [2.05, 4.69) is 25.3 Å². The summed E-state index contributed by atoms with van der Waals surface area (Å²) in [7, 11) is 3.27. The first-order valence-corrected chi connectivity index (χ1v) is 9.77. The Morgan fingerprint density at radius 3 is 2.93 bits per heavy atom. The van der Waals surface area contributed by atoms with E-state index >= 15 is 0 Å². The first-order chi connectivity index (χ1) is 14.6. The number of aromatic nitrogens is 3. The van der Waals surface area contributed by atoms with Crippen LogP contribution in [0.25, 0.3) is 22.2 Å². The zero-order valence-corrected chi connectivity index (χ0v) is 17.2. The van der Waals surface area contributed by atoms with Crippen LogP contribution >= 0.6 is 0 Å². The van der Waals surface area contributed by atoms with Crippen LogP contribution in [0.1, 0.15) is 22.0 Å². The SMILES string of the molecule is C/N=C(\OC)c1cc2cc(-c3nc(C(=O)NCC4COCCO4)[nH]c3C)ccc2[nH]1. The van der Waals surface area contributed by atoms with Crippen molar-refractivity contribution in [3.05, 3.63) is 41.5 Å². The van der Waals surface area contributed by atoms with Crippen LogP contribution < -0.4 is 5.32 Å². The van der Waals surface area contributed by atoms with Gasteiger partial charge < -0.3 is 29.5 Å². The summed E-state index contributed by atoms with van der Waals surface area (Å²) in [5.41, 5.74) is 4.24. The second kappa shape index (κ2) is 8.68. The second-order valence-electron chi connectivity index (χ2n) is 7.05. The summed E-state index contributed by atoms with van der Waals surface area (Å²) in [5.74, 6) is 0.538. The molecule has 1 unspecified atom stereocenters. The lowest BCUT2D eigenvalue weighted by Crippen LogP contribution is -2.40. The van der Waals surface area contributed by atoms with Crippen LogP contribution in [0.5, 0.6) is 0 Å². The number of aromatic amines is 2. The molecule has 0 radical (unpaired) electrons. The molecule has 0 saturated carbocycles. The van der Waals surface area contributed by atoms with Gasteiger partial charge in [0, 0.05) is 35.8 Å². The average Bonchev–Trinajstić information content (AvgIpc) is 3.36. The molecule has 9 nitrogen and oxygen atoms in total. The molecule has 0 aliphatic carbocycles. The Bertz CT molecular complexity index is 1080. The number of benzene rings is 1. The smallest absolute Gasteiger partial charge is 0.287 e. The molecule has 1 amide bonds. The van der Waals surface area contributed by atoms with Crippen LogP contribution in [0, 0.1) is 6.92 Å². The van der Waals surface area contributed by atoms with E-state index in [1.807, 2.05) is 31.2 Å². The quantitative estimate of drug-likeness (QED) is 0.439. The number of H-pyrrole nitrogens is 2. The normalized spacial score (nSPS) is 17.3. The predicted octanol–water partition coefficient (Wildman–Crippen LogP) is 2.03. The molecule has 3 heterocycles. The van der Waals surface area contributed by atoms with Crippen molar-refractivity contribution in [1.82, 2.24) is 20.3 Å². The predicted molar refractivity (Wildman–Crippen MR) is 113 cm³/mol. The van der Waals surface area contributed by atoms with Gasteiger partial charge in [-0.1, -0.05) is 6.07 Å². The minimum atomic E-state index is -0.271. The number of carbonyl (C=O) groups is 1. The average molecular weight is 411 g/mol. The fourth-order valence-corrected chi connectivity index (χ4v) is 3.51. The van der Waals surface area contributed by atoms with E-state index in [4.69, 9.17) is 14.2 Å². The minimum Gasteiger partial charge on any atom is -0.480 e. The summed E-state index contributed by atoms with van der Waals surface area (Å²) < 4.78 is 16.2. The molecule has 1 aliphatic rings. The Balaban J connectivity index is 1.53. The van der Waals surface area contributed by atoms with E-state index in [1.54, 1.807) is 14.2 Å². The number of nitrogens with one attached hydrogen (secondary N) is 3. The summed E-state index contributed by atoms with van der Waals surface area (Å²) >= 11 is 0. The minimum absolute atomic E-state index is 0.132. The highest BCUT2D eigenvalue weighted by molar-refractivity contribution is 5.99. The molecule has 158 valence electrons. The zero-order chi connectivity index (χ0) is 21.1. The molecule has 9 heteroatoms. The zero-order valence-electron chi connectivity index (χ0n) is 17.2. The molecule has 0 bridgehead atoms. The molecule has 1 aliphatic heterocycles. The van der Waals surface area contributed by atoms with Crippen molar-refractivity contribution in [2.45, 2.75) is 13.0 Å². The summed E-state index contributed by atoms with van der Waals surface area (Å²) in [6.07, 6.45) is -0.132.